The average Bonchev–Trinajstić information content (AvgIpc) is 1.25. The van der Waals surface area contributed by atoms with Gasteiger partial charge in [-0.25, -0.2) is 39.5 Å². The van der Waals surface area contributed by atoms with E-state index in [2.05, 4.69) is 41.9 Å². The Morgan fingerprint density at radius 3 is 1.65 bits per heavy atom. The lowest BCUT2D eigenvalue weighted by atomic mass is 9.99. The van der Waals surface area contributed by atoms with Crippen molar-refractivity contribution in [3.05, 3.63) is 261 Å². The Kier molecular flexibility index (Phi) is 28.9. The first-order chi connectivity index (χ1) is 54.1. The number of para-hydroxylation sites is 2. The van der Waals surface area contributed by atoms with E-state index in [4.69, 9.17) is 47.9 Å². The molecule has 0 aliphatic carbocycles. The Morgan fingerprint density at radius 1 is 0.486 bits per heavy atom. The minimum atomic E-state index is -0.505. The number of piperidine rings is 1. The van der Waals surface area contributed by atoms with Crippen molar-refractivity contribution >= 4 is 35.5 Å². The number of morpholine rings is 1. The molecular weight excluding hydrogens is 1400 g/mol. The number of aliphatic hydroxyl groups excluding tert-OH is 1. The fourth-order valence-corrected chi connectivity index (χ4v) is 13.7. The van der Waals surface area contributed by atoms with Crippen molar-refractivity contribution in [1.82, 2.24) is 39.7 Å². The topological polar surface area (TPSA) is 239 Å². The maximum atomic E-state index is 13.4. The largest absolute Gasteiger partial charge is 0.492 e. The summed E-state index contributed by atoms with van der Waals surface area (Å²) < 4.78 is 47.3. The third-order valence-electron chi connectivity index (χ3n) is 20.0. The lowest BCUT2D eigenvalue weighted by Gasteiger charge is -2.29. The van der Waals surface area contributed by atoms with Crippen LogP contribution < -0.4 is 38.4 Å². The van der Waals surface area contributed by atoms with Gasteiger partial charge >= 0.3 is 12.2 Å². The van der Waals surface area contributed by atoms with Crippen LogP contribution in [-0.2, 0) is 57.9 Å². The zero-order valence-electron chi connectivity index (χ0n) is 64.6. The highest BCUT2D eigenvalue weighted by Gasteiger charge is 2.26. The molecule has 111 heavy (non-hydrogen) atoms. The molecule has 2 fully saturated rings. The number of benzene rings is 6. The van der Waals surface area contributed by atoms with E-state index in [0.717, 1.165) is 168 Å². The first-order valence-electron chi connectivity index (χ1n) is 38.4. The third-order valence-corrected chi connectivity index (χ3v) is 20.0. The fraction of sp³-hybridized carbons (Fsp3) is 0.375. The minimum Gasteiger partial charge on any atom is -0.492 e. The van der Waals surface area contributed by atoms with Crippen LogP contribution in [0.2, 0.25) is 0 Å². The van der Waals surface area contributed by atoms with Crippen molar-refractivity contribution < 1.29 is 57.4 Å². The Morgan fingerprint density at radius 2 is 1.03 bits per heavy atom. The van der Waals surface area contributed by atoms with Crippen molar-refractivity contribution in [2.24, 2.45) is 0 Å². The van der Waals surface area contributed by atoms with Gasteiger partial charge in [0, 0.05) is 114 Å². The number of rotatable bonds is 12. The van der Waals surface area contributed by atoms with Crippen molar-refractivity contribution in [2.45, 2.75) is 112 Å². The van der Waals surface area contributed by atoms with E-state index in [1.807, 2.05) is 175 Å². The smallest absolute Gasteiger partial charge is 0.421 e. The number of hydrogen-bond acceptors (Lipinski definition) is 20. The zero-order chi connectivity index (χ0) is 77.3. The Labute approximate surface area is 650 Å². The Balaban J connectivity index is 0.000000157. The van der Waals surface area contributed by atoms with E-state index in [-0.39, 0.29) is 18.6 Å². The summed E-state index contributed by atoms with van der Waals surface area (Å²) in [5.41, 5.74) is 13.0. The molecule has 0 unspecified atom stereocenters. The van der Waals surface area contributed by atoms with Gasteiger partial charge in [-0.15, -0.1) is 0 Å². The normalized spacial score (nSPS) is 16.4. The number of anilines is 3. The number of nitrogens with zero attached hydrogens (tertiary/aromatic N) is 11. The molecule has 580 valence electrons. The summed E-state index contributed by atoms with van der Waals surface area (Å²) in [6.45, 7) is 23.3. The first kappa shape index (κ1) is 79.8. The van der Waals surface area contributed by atoms with E-state index < -0.39 is 12.2 Å². The number of aromatic nitrogens is 6. The predicted molar refractivity (Wildman–Crippen MR) is 427 cm³/mol. The van der Waals surface area contributed by atoms with Crippen LogP contribution in [0.3, 0.4) is 0 Å². The summed E-state index contributed by atoms with van der Waals surface area (Å²) in [5.74, 6) is 6.49. The molecule has 9 aromatic rings. The molecule has 0 spiro atoms. The van der Waals surface area contributed by atoms with Gasteiger partial charge in [-0.3, -0.25) is 29.3 Å². The highest BCUT2D eigenvalue weighted by Crippen LogP contribution is 2.31. The molecule has 2 saturated heterocycles. The monoisotopic (exact) mass is 1500 g/mol. The van der Waals surface area contributed by atoms with Gasteiger partial charge in [0.1, 0.15) is 84.0 Å². The summed E-state index contributed by atoms with van der Waals surface area (Å²) in [4.78, 5) is 76.8. The highest BCUT2D eigenvalue weighted by molar-refractivity contribution is 5.94. The van der Waals surface area contributed by atoms with Crippen molar-refractivity contribution in [3.63, 3.8) is 0 Å². The van der Waals surface area contributed by atoms with Gasteiger partial charge in [0.05, 0.1) is 51.3 Å². The van der Waals surface area contributed by atoms with Crippen LogP contribution in [0.25, 0.3) is 0 Å². The molecule has 5 aliphatic rings. The highest BCUT2D eigenvalue weighted by atomic mass is 16.6. The van der Waals surface area contributed by atoms with Gasteiger partial charge in [0.25, 0.3) is 0 Å². The van der Waals surface area contributed by atoms with Gasteiger partial charge in [-0.05, 0) is 177 Å². The molecule has 14 rings (SSSR count). The standard InChI is InChI=1S/C32H38N4O5.C31H38N4O5.C25H25N3O2/c1-23-6-5-7-24(2)31(23)41-32(38)36-14-3-4-18-39-22-26-20-25(21-29-33-13-10-30(36)34-29)8-9-28(26)40-19-17-35-15-11-27(37)12-16-35;1-23-6-5-7-24(2)30(23)40-31(36)35-12-3-4-16-38-22-26-20-25(21-28-32-11-10-29(35)33-28)8-9-27(26)39-19-15-34-13-17-37-18-14-34;1-18-7-5-8-19(2)23(18)16-25(29)28-11-3-4-12-30-22-10-6-9-20(14-22)13-21-15-24(28)27-17-26-21/h3-10,13,20,27,37H,11-12,14-19,21-22H2,1-2H3;5-11,20H,3-4,12-19,21-22H2,1-2H3;3-10,14-15,17H,11-13,16H2,1-2H3/b4-3-;;4-3-. The van der Waals surface area contributed by atoms with Crippen molar-refractivity contribution in [3.8, 4) is 28.7 Å². The van der Waals surface area contributed by atoms with Gasteiger partial charge < -0.3 is 43.0 Å². The molecule has 1 N–H and O–H groups in total. The first-order valence-corrected chi connectivity index (χ1v) is 38.4. The fourth-order valence-electron chi connectivity index (χ4n) is 13.7. The maximum Gasteiger partial charge on any atom is 0.421 e. The van der Waals surface area contributed by atoms with Crippen LogP contribution in [0, 0.1) is 41.5 Å². The molecule has 23 nitrogen and oxygen atoms in total. The van der Waals surface area contributed by atoms with Gasteiger partial charge in [-0.1, -0.05) is 97.1 Å². The Hall–Kier alpha value is -10.8. The lowest BCUT2D eigenvalue weighted by Crippen LogP contribution is -2.38. The van der Waals surface area contributed by atoms with Crippen LogP contribution in [0.1, 0.15) is 110 Å². The van der Waals surface area contributed by atoms with Gasteiger partial charge in [0.2, 0.25) is 5.91 Å². The number of carbonyl (C=O) groups is 3. The van der Waals surface area contributed by atoms with E-state index in [1.165, 1.54) is 11.2 Å². The quantitative estimate of drug-likeness (QED) is 0.112. The number of amides is 3. The SMILES string of the molecule is Cc1cccc(C)c1CC(=O)N1C/C=C\COc2cccc(c2)Cc2cc1ncn2.Cc1cccc(C)c1OC(=O)N1C/C=C\COCc2cc(ccc2OCCN2CCC(O)CC2)Cc2nccc1n2.Cc1cccc(C)c1OC(=O)N1CCCCOCc2cc(ccc2OCCN2CCOCC2)Cc2nccc1n2. The molecule has 8 heterocycles. The third kappa shape index (κ3) is 23.2. The molecule has 0 saturated carbocycles. The number of aryl methyl sites for hydroxylation is 6. The second-order valence-electron chi connectivity index (χ2n) is 28.3. The van der Waals surface area contributed by atoms with Crippen LogP contribution in [0.5, 0.6) is 28.7 Å². The van der Waals surface area contributed by atoms with Crippen LogP contribution in [-0.4, -0.2) is 174 Å². The van der Waals surface area contributed by atoms with Gasteiger partial charge in [0.15, 0.2) is 0 Å². The molecule has 23 heteroatoms. The van der Waals surface area contributed by atoms with Crippen LogP contribution in [0.4, 0.5) is 27.0 Å². The minimum absolute atomic E-state index is 0.0121. The second kappa shape index (κ2) is 40.2. The molecule has 3 aromatic heterocycles. The Bertz CT molecular complexity index is 4610. The summed E-state index contributed by atoms with van der Waals surface area (Å²) in [6, 6.07) is 43.3. The van der Waals surface area contributed by atoms with Crippen molar-refractivity contribution in [1.29, 1.82) is 0 Å². The maximum absolute atomic E-state index is 13.4. The van der Waals surface area contributed by atoms with Crippen LogP contribution in [0.15, 0.2) is 176 Å². The molecule has 5 aliphatic heterocycles. The van der Waals surface area contributed by atoms with Crippen LogP contribution >= 0.6 is 0 Å². The lowest BCUT2D eigenvalue weighted by molar-refractivity contribution is -0.117. The van der Waals surface area contributed by atoms with E-state index in [9.17, 15) is 19.5 Å². The summed E-state index contributed by atoms with van der Waals surface area (Å²) in [6.07, 6.45) is 16.6. The number of fused-ring (bicyclic) bond motifs is 12. The summed E-state index contributed by atoms with van der Waals surface area (Å²) in [5, 5.41) is 9.74. The predicted octanol–water partition coefficient (Wildman–Crippen LogP) is 13.5. The average molecular weight is 1500 g/mol. The number of aliphatic hydroxyl groups is 1. The molecule has 6 aromatic carbocycles. The number of carbonyl (C=O) groups excluding carboxylic acids is 3. The van der Waals surface area contributed by atoms with E-state index >= 15 is 0 Å². The van der Waals surface area contributed by atoms with E-state index in [1.54, 1.807) is 34.3 Å². The van der Waals surface area contributed by atoms with Gasteiger partial charge in [-0.2, -0.15) is 0 Å². The second-order valence-corrected chi connectivity index (χ2v) is 28.3. The number of ether oxygens (including phenoxy) is 8. The van der Waals surface area contributed by atoms with E-state index in [0.29, 0.717) is 126 Å². The summed E-state index contributed by atoms with van der Waals surface area (Å²) in [7, 11) is 0. The molecule has 0 atom stereocenters. The number of hydrogen-bond donors (Lipinski definition) is 1. The zero-order valence-corrected chi connectivity index (χ0v) is 64.6. The molecular formula is C88H101N11O12. The molecule has 3 amide bonds. The summed E-state index contributed by atoms with van der Waals surface area (Å²) >= 11 is 0. The van der Waals surface area contributed by atoms with Crippen molar-refractivity contribution in [2.75, 3.05) is 120 Å². The molecule has 0 radical (unpaired) electrons. The number of likely N-dealkylation sites (tertiary alicyclic amines) is 1. The molecule has 12 bridgehead atoms.